The molecular weight excluding hydrogens is 238 g/mol. The van der Waals surface area contributed by atoms with Crippen LogP contribution in [0.3, 0.4) is 0 Å². The molecule has 2 heterocycles. The molecule has 0 spiro atoms. The summed E-state index contributed by atoms with van der Waals surface area (Å²) in [5, 5.41) is 7.87. The highest BCUT2D eigenvalue weighted by atomic mass is 15.3. The van der Waals surface area contributed by atoms with Crippen molar-refractivity contribution in [3.05, 3.63) is 36.0 Å². The number of rotatable bonds is 5. The minimum atomic E-state index is 0.452. The summed E-state index contributed by atoms with van der Waals surface area (Å²) in [4.78, 5) is 8.83. The molecule has 0 saturated heterocycles. The summed E-state index contributed by atoms with van der Waals surface area (Å²) in [6.07, 6.45) is 8.08. The molecule has 1 N–H and O–H groups in total. The van der Waals surface area contributed by atoms with Crippen LogP contribution < -0.4 is 5.32 Å². The van der Waals surface area contributed by atoms with Gasteiger partial charge in [0.05, 0.1) is 23.8 Å². The Morgan fingerprint density at radius 3 is 2.79 bits per heavy atom. The fourth-order valence-corrected chi connectivity index (χ4v) is 1.93. The third-order valence-electron chi connectivity index (χ3n) is 3.22. The maximum atomic E-state index is 4.54. The van der Waals surface area contributed by atoms with Crippen LogP contribution in [0.5, 0.6) is 0 Å². The molecule has 1 saturated carbocycles. The Morgan fingerprint density at radius 2 is 2.16 bits per heavy atom. The Morgan fingerprint density at radius 1 is 1.32 bits per heavy atom. The van der Waals surface area contributed by atoms with E-state index in [-0.39, 0.29) is 0 Å². The Balaban J connectivity index is 1.70. The van der Waals surface area contributed by atoms with E-state index >= 15 is 0 Å². The van der Waals surface area contributed by atoms with E-state index in [1.54, 1.807) is 10.9 Å². The molecule has 2 aromatic rings. The van der Waals surface area contributed by atoms with Gasteiger partial charge in [-0.05, 0) is 18.9 Å². The van der Waals surface area contributed by atoms with Gasteiger partial charge < -0.3 is 5.32 Å². The number of hydrogen-bond donors (Lipinski definition) is 1. The number of nitrogens with one attached hydrogen (secondary N) is 1. The third kappa shape index (κ3) is 2.98. The maximum Gasteiger partial charge on any atom is 0.171 e. The molecule has 0 amide bonds. The Hall–Kier alpha value is -1.75. The maximum absolute atomic E-state index is 4.54. The molecule has 0 unspecified atom stereocenters. The van der Waals surface area contributed by atoms with Crippen molar-refractivity contribution >= 4 is 0 Å². The van der Waals surface area contributed by atoms with Gasteiger partial charge in [0, 0.05) is 24.7 Å². The third-order valence-corrected chi connectivity index (χ3v) is 3.22. The zero-order valence-corrected chi connectivity index (χ0v) is 11.4. The van der Waals surface area contributed by atoms with Gasteiger partial charge in [-0.25, -0.2) is 9.67 Å². The van der Waals surface area contributed by atoms with E-state index in [1.165, 1.54) is 18.5 Å². The van der Waals surface area contributed by atoms with Gasteiger partial charge in [0.2, 0.25) is 0 Å². The normalized spacial score (nSPS) is 15.1. The molecule has 1 fully saturated rings. The van der Waals surface area contributed by atoms with Crippen LogP contribution in [0.2, 0.25) is 0 Å². The lowest BCUT2D eigenvalue weighted by Crippen LogP contribution is -2.22. The van der Waals surface area contributed by atoms with Gasteiger partial charge in [-0.1, -0.05) is 13.8 Å². The first-order chi connectivity index (χ1) is 9.22. The van der Waals surface area contributed by atoms with Crippen LogP contribution in [-0.2, 0) is 6.54 Å². The van der Waals surface area contributed by atoms with Gasteiger partial charge in [0.15, 0.2) is 5.82 Å². The van der Waals surface area contributed by atoms with Crippen LogP contribution in [0.4, 0.5) is 0 Å². The Labute approximate surface area is 113 Å². The smallest absolute Gasteiger partial charge is 0.171 e. The standard InChI is InChI=1S/C14H19N5/c1-10(2)15-7-12-8-17-14(9-16-12)19-6-5-13(18-19)11-3-4-11/h5-6,8-11,15H,3-4,7H2,1-2H3. The van der Waals surface area contributed by atoms with Crippen LogP contribution >= 0.6 is 0 Å². The van der Waals surface area contributed by atoms with Crippen molar-refractivity contribution in [1.82, 2.24) is 25.1 Å². The lowest BCUT2D eigenvalue weighted by atomic mass is 10.3. The van der Waals surface area contributed by atoms with Crippen molar-refractivity contribution in [1.29, 1.82) is 0 Å². The molecule has 1 aliphatic carbocycles. The van der Waals surface area contributed by atoms with Crippen molar-refractivity contribution in [2.24, 2.45) is 0 Å². The molecule has 5 heteroatoms. The average molecular weight is 257 g/mol. The number of aromatic nitrogens is 4. The van der Waals surface area contributed by atoms with Crippen LogP contribution in [0.15, 0.2) is 24.7 Å². The lowest BCUT2D eigenvalue weighted by molar-refractivity contribution is 0.579. The quantitative estimate of drug-likeness (QED) is 0.890. The predicted octanol–water partition coefficient (Wildman–Crippen LogP) is 2.04. The highest BCUT2D eigenvalue weighted by Gasteiger charge is 2.25. The molecule has 19 heavy (non-hydrogen) atoms. The molecule has 3 rings (SSSR count). The lowest BCUT2D eigenvalue weighted by Gasteiger charge is -2.07. The van der Waals surface area contributed by atoms with E-state index < -0.39 is 0 Å². The largest absolute Gasteiger partial charge is 0.309 e. The van der Waals surface area contributed by atoms with Crippen LogP contribution in [-0.4, -0.2) is 25.8 Å². The Kier molecular flexibility index (Phi) is 3.29. The molecule has 1 aliphatic rings. The minimum Gasteiger partial charge on any atom is -0.309 e. The fourth-order valence-electron chi connectivity index (χ4n) is 1.93. The summed E-state index contributed by atoms with van der Waals surface area (Å²) < 4.78 is 1.81. The van der Waals surface area contributed by atoms with E-state index in [0.717, 1.165) is 18.1 Å². The van der Waals surface area contributed by atoms with Crippen molar-refractivity contribution in [3.8, 4) is 5.82 Å². The highest BCUT2D eigenvalue weighted by Crippen LogP contribution is 2.38. The number of nitrogens with zero attached hydrogens (tertiary/aromatic N) is 4. The van der Waals surface area contributed by atoms with E-state index in [1.807, 2.05) is 12.4 Å². The zero-order chi connectivity index (χ0) is 13.2. The second-order valence-electron chi connectivity index (χ2n) is 5.36. The summed E-state index contributed by atoms with van der Waals surface area (Å²) in [7, 11) is 0. The summed E-state index contributed by atoms with van der Waals surface area (Å²) >= 11 is 0. The topological polar surface area (TPSA) is 55.6 Å². The zero-order valence-electron chi connectivity index (χ0n) is 11.4. The van der Waals surface area contributed by atoms with Crippen LogP contribution in [0.25, 0.3) is 5.82 Å². The first-order valence-electron chi connectivity index (χ1n) is 6.82. The van der Waals surface area contributed by atoms with Gasteiger partial charge in [0.25, 0.3) is 0 Å². The van der Waals surface area contributed by atoms with Crippen molar-refractivity contribution in [2.75, 3.05) is 0 Å². The van der Waals surface area contributed by atoms with Crippen molar-refractivity contribution in [3.63, 3.8) is 0 Å². The van der Waals surface area contributed by atoms with Crippen molar-refractivity contribution in [2.45, 2.75) is 45.2 Å². The van der Waals surface area contributed by atoms with Crippen LogP contribution in [0, 0.1) is 0 Å². The molecule has 2 aromatic heterocycles. The molecule has 5 nitrogen and oxygen atoms in total. The van der Waals surface area contributed by atoms with Gasteiger partial charge in [-0.2, -0.15) is 5.10 Å². The molecule has 0 bridgehead atoms. The SMILES string of the molecule is CC(C)NCc1cnc(-n2ccc(C3CC3)n2)cn1. The first kappa shape index (κ1) is 12.3. The Bertz CT molecular complexity index is 539. The predicted molar refractivity (Wildman–Crippen MR) is 73.1 cm³/mol. The van der Waals surface area contributed by atoms with Gasteiger partial charge in [-0.3, -0.25) is 4.98 Å². The van der Waals surface area contributed by atoms with Crippen molar-refractivity contribution < 1.29 is 0 Å². The average Bonchev–Trinajstić information content (AvgIpc) is 3.15. The summed E-state index contributed by atoms with van der Waals surface area (Å²) in [5.41, 5.74) is 2.12. The molecule has 0 aliphatic heterocycles. The monoisotopic (exact) mass is 257 g/mol. The van der Waals surface area contributed by atoms with Gasteiger partial charge in [0.1, 0.15) is 0 Å². The summed E-state index contributed by atoms with van der Waals surface area (Å²) in [6, 6.07) is 2.53. The van der Waals surface area contributed by atoms with Gasteiger partial charge >= 0.3 is 0 Å². The fraction of sp³-hybridized carbons (Fsp3) is 0.500. The molecule has 100 valence electrons. The minimum absolute atomic E-state index is 0.452. The van der Waals surface area contributed by atoms with E-state index in [4.69, 9.17) is 0 Å². The molecule has 0 aromatic carbocycles. The van der Waals surface area contributed by atoms with Crippen LogP contribution in [0.1, 0.15) is 44.0 Å². The van der Waals surface area contributed by atoms with E-state index in [2.05, 4.69) is 40.3 Å². The molecule has 0 radical (unpaired) electrons. The second-order valence-corrected chi connectivity index (χ2v) is 5.36. The van der Waals surface area contributed by atoms with E-state index in [9.17, 15) is 0 Å². The number of hydrogen-bond acceptors (Lipinski definition) is 4. The van der Waals surface area contributed by atoms with Gasteiger partial charge in [-0.15, -0.1) is 0 Å². The summed E-state index contributed by atoms with van der Waals surface area (Å²) in [5.74, 6) is 1.45. The highest BCUT2D eigenvalue weighted by molar-refractivity contribution is 5.21. The second kappa shape index (κ2) is 5.09. The molecule has 0 atom stereocenters. The molecular formula is C14H19N5. The summed E-state index contributed by atoms with van der Waals surface area (Å²) in [6.45, 7) is 4.98. The van der Waals surface area contributed by atoms with E-state index in [0.29, 0.717) is 12.0 Å². The first-order valence-corrected chi connectivity index (χ1v) is 6.82.